The molecule has 0 aliphatic carbocycles. The van der Waals surface area contributed by atoms with Crippen LogP contribution < -0.4 is 14.8 Å². The third kappa shape index (κ3) is 9.40. The molecule has 1 N–H and O–H groups in total. The van der Waals surface area contributed by atoms with Gasteiger partial charge in [-0.2, -0.15) is 0 Å². The molecule has 3 rings (SSSR count). The molecular formula is C32H40N2O11. The van der Waals surface area contributed by atoms with Gasteiger partial charge in [-0.1, -0.05) is 51.1 Å². The number of nitrogens with zero attached hydrogens (tertiary/aromatic N) is 1. The van der Waals surface area contributed by atoms with E-state index < -0.39 is 72.4 Å². The van der Waals surface area contributed by atoms with E-state index in [4.69, 9.17) is 28.4 Å². The van der Waals surface area contributed by atoms with E-state index in [0.29, 0.717) is 0 Å². The average Bonchev–Trinajstić information content (AvgIpc) is 3.06. The Balaban J connectivity index is 1.84. The van der Waals surface area contributed by atoms with Crippen LogP contribution in [0.4, 0.5) is 0 Å². The molecule has 13 nitrogen and oxygen atoms in total. The number of amides is 1. The Morgan fingerprint density at radius 2 is 1.73 bits per heavy atom. The fraction of sp³-hybridized carbons (Fsp3) is 0.500. The molecule has 1 amide bonds. The highest BCUT2D eigenvalue weighted by Gasteiger charge is 2.42. The predicted molar refractivity (Wildman–Crippen MR) is 158 cm³/mol. The van der Waals surface area contributed by atoms with E-state index in [9.17, 15) is 24.0 Å². The van der Waals surface area contributed by atoms with Crippen LogP contribution in [0.1, 0.15) is 50.2 Å². The number of nitrogens with one attached hydrogen (secondary N) is 1. The molecule has 1 aliphatic heterocycles. The zero-order chi connectivity index (χ0) is 33.1. The van der Waals surface area contributed by atoms with Crippen molar-refractivity contribution in [3.05, 3.63) is 53.9 Å². The molecule has 1 fully saturated rings. The minimum absolute atomic E-state index is 0.0139. The van der Waals surface area contributed by atoms with Crippen molar-refractivity contribution in [2.24, 2.45) is 17.8 Å². The Hall–Kier alpha value is -4.68. The van der Waals surface area contributed by atoms with E-state index >= 15 is 0 Å². The molecule has 2 heterocycles. The van der Waals surface area contributed by atoms with E-state index in [1.165, 1.54) is 33.4 Å². The van der Waals surface area contributed by atoms with Crippen LogP contribution in [0.25, 0.3) is 0 Å². The molecule has 1 saturated heterocycles. The molecule has 45 heavy (non-hydrogen) atoms. The van der Waals surface area contributed by atoms with Crippen LogP contribution in [0.15, 0.2) is 42.6 Å². The van der Waals surface area contributed by atoms with Crippen molar-refractivity contribution >= 4 is 29.8 Å². The Morgan fingerprint density at radius 3 is 2.38 bits per heavy atom. The lowest BCUT2D eigenvalue weighted by Gasteiger charge is -2.29. The Kier molecular flexibility index (Phi) is 12.7. The normalized spacial score (nSPS) is 20.8. The molecule has 13 heteroatoms. The summed E-state index contributed by atoms with van der Waals surface area (Å²) in [6.45, 7) is 5.95. The summed E-state index contributed by atoms with van der Waals surface area (Å²) in [6, 6.07) is 9.14. The third-order valence-corrected chi connectivity index (χ3v) is 7.17. The predicted octanol–water partition coefficient (Wildman–Crippen LogP) is 2.68. The van der Waals surface area contributed by atoms with Gasteiger partial charge in [0.2, 0.25) is 0 Å². The highest BCUT2D eigenvalue weighted by Crippen LogP contribution is 2.30. The van der Waals surface area contributed by atoms with Gasteiger partial charge in [0.25, 0.3) is 5.91 Å². The van der Waals surface area contributed by atoms with Gasteiger partial charge in [0.15, 0.2) is 29.3 Å². The standard InChI is InChI=1S/C32H40N2O11/c1-18(2)29(36)45-26-20(4)44-32(39)23(17-43-31(38)22(26)16-21-10-8-7-9-11-21)34-28(35)25-27(24(40-5)12-14-33-25)42-15-13-19(3)30(37)41-6/h7-12,14,18-20,22-23,26H,13,15-17H2,1-6H3,(H,34,35)/t19?,20-,22+,23-,26-/m0/s1. The van der Waals surface area contributed by atoms with E-state index in [1.807, 2.05) is 30.3 Å². The maximum Gasteiger partial charge on any atom is 0.332 e. The van der Waals surface area contributed by atoms with Crippen LogP contribution in [0.2, 0.25) is 0 Å². The van der Waals surface area contributed by atoms with Crippen molar-refractivity contribution in [3.63, 3.8) is 0 Å². The number of carbonyl (C=O) groups excluding carboxylic acids is 5. The van der Waals surface area contributed by atoms with Gasteiger partial charge in [0.05, 0.1) is 32.7 Å². The van der Waals surface area contributed by atoms with Crippen LogP contribution in [-0.2, 0) is 44.5 Å². The maximum atomic E-state index is 13.4. The van der Waals surface area contributed by atoms with E-state index in [0.717, 1.165) is 5.56 Å². The minimum Gasteiger partial charge on any atom is -0.493 e. The van der Waals surface area contributed by atoms with Crippen LogP contribution in [-0.4, -0.2) is 80.5 Å². The van der Waals surface area contributed by atoms with Crippen LogP contribution >= 0.6 is 0 Å². The molecule has 1 unspecified atom stereocenters. The molecule has 0 saturated carbocycles. The smallest absolute Gasteiger partial charge is 0.332 e. The van der Waals surface area contributed by atoms with Gasteiger partial charge in [0.1, 0.15) is 18.6 Å². The maximum absolute atomic E-state index is 13.4. The molecule has 1 aliphatic rings. The van der Waals surface area contributed by atoms with E-state index in [1.54, 1.807) is 20.8 Å². The fourth-order valence-corrected chi connectivity index (χ4v) is 4.53. The van der Waals surface area contributed by atoms with Crippen molar-refractivity contribution < 1.29 is 52.4 Å². The topological polar surface area (TPSA) is 166 Å². The van der Waals surface area contributed by atoms with Crippen molar-refractivity contribution in [1.29, 1.82) is 0 Å². The largest absolute Gasteiger partial charge is 0.493 e. The molecule has 1 aromatic carbocycles. The molecule has 0 spiro atoms. The minimum atomic E-state index is -1.43. The zero-order valence-electron chi connectivity index (χ0n) is 26.3. The Labute approximate surface area is 261 Å². The first-order valence-electron chi connectivity index (χ1n) is 14.6. The second kappa shape index (κ2) is 16.4. The summed E-state index contributed by atoms with van der Waals surface area (Å²) in [5.41, 5.74) is 0.572. The fourth-order valence-electron chi connectivity index (χ4n) is 4.53. The summed E-state index contributed by atoms with van der Waals surface area (Å²) < 4.78 is 32.7. The van der Waals surface area contributed by atoms with Crippen LogP contribution in [0.3, 0.4) is 0 Å². The molecule has 5 atom stereocenters. The summed E-state index contributed by atoms with van der Waals surface area (Å²) in [5.74, 6) is -5.25. The second-order valence-electron chi connectivity index (χ2n) is 10.9. The summed E-state index contributed by atoms with van der Waals surface area (Å²) in [7, 11) is 2.67. The molecule has 2 aromatic rings. The molecule has 1 aromatic heterocycles. The van der Waals surface area contributed by atoms with Gasteiger partial charge in [0, 0.05) is 12.3 Å². The quantitative estimate of drug-likeness (QED) is 0.270. The number of esters is 4. The number of ether oxygens (including phenoxy) is 6. The molecule has 244 valence electrons. The van der Waals surface area contributed by atoms with Crippen molar-refractivity contribution in [3.8, 4) is 11.5 Å². The van der Waals surface area contributed by atoms with E-state index in [2.05, 4.69) is 10.3 Å². The third-order valence-electron chi connectivity index (χ3n) is 7.17. The Morgan fingerprint density at radius 1 is 1.02 bits per heavy atom. The number of hydrogen-bond acceptors (Lipinski definition) is 12. The van der Waals surface area contributed by atoms with Crippen LogP contribution in [0.5, 0.6) is 11.5 Å². The van der Waals surface area contributed by atoms with Gasteiger partial charge in [-0.3, -0.25) is 19.2 Å². The lowest BCUT2D eigenvalue weighted by Crippen LogP contribution is -2.47. The van der Waals surface area contributed by atoms with Crippen molar-refractivity contribution in [1.82, 2.24) is 10.3 Å². The summed E-state index contributed by atoms with van der Waals surface area (Å²) in [5, 5.41) is 2.51. The number of benzene rings is 1. The molecular weight excluding hydrogens is 588 g/mol. The van der Waals surface area contributed by atoms with Gasteiger partial charge < -0.3 is 33.7 Å². The SMILES string of the molecule is COC(=O)C(C)CCOc1c(OC)ccnc1C(=O)N[C@H]1COC(=O)[C@H](Cc2ccccc2)[C@@H](OC(=O)C(C)C)[C@H](C)OC1=O. The number of rotatable bonds is 12. The van der Waals surface area contributed by atoms with Gasteiger partial charge >= 0.3 is 23.9 Å². The number of hydrogen-bond donors (Lipinski definition) is 1. The van der Waals surface area contributed by atoms with Gasteiger partial charge in [-0.15, -0.1) is 0 Å². The lowest BCUT2D eigenvalue weighted by molar-refractivity contribution is -0.176. The number of methoxy groups -OCH3 is 2. The van der Waals surface area contributed by atoms with Crippen LogP contribution in [0, 0.1) is 17.8 Å². The first-order chi connectivity index (χ1) is 21.5. The van der Waals surface area contributed by atoms with Gasteiger partial charge in [-0.05, 0) is 25.3 Å². The first kappa shape index (κ1) is 34.8. The Bertz CT molecular complexity index is 1350. The zero-order valence-corrected chi connectivity index (χ0v) is 26.3. The lowest BCUT2D eigenvalue weighted by atomic mass is 9.91. The summed E-state index contributed by atoms with van der Waals surface area (Å²) in [6.07, 6.45) is -0.467. The number of aromatic nitrogens is 1. The summed E-state index contributed by atoms with van der Waals surface area (Å²) in [4.78, 5) is 68.7. The first-order valence-corrected chi connectivity index (χ1v) is 14.6. The second-order valence-corrected chi connectivity index (χ2v) is 10.9. The monoisotopic (exact) mass is 628 g/mol. The van der Waals surface area contributed by atoms with Gasteiger partial charge in [-0.25, -0.2) is 9.78 Å². The summed E-state index contributed by atoms with van der Waals surface area (Å²) >= 11 is 0. The molecule has 0 radical (unpaired) electrons. The highest BCUT2D eigenvalue weighted by molar-refractivity contribution is 5.98. The van der Waals surface area contributed by atoms with Crippen molar-refractivity contribution in [2.75, 3.05) is 27.4 Å². The highest BCUT2D eigenvalue weighted by atomic mass is 16.6. The molecule has 0 bridgehead atoms. The number of carbonyl (C=O) groups is 5. The van der Waals surface area contributed by atoms with Crippen molar-refractivity contribution in [2.45, 2.75) is 58.8 Å². The average molecular weight is 629 g/mol. The number of cyclic esters (lactones) is 2. The number of pyridine rings is 1. The van der Waals surface area contributed by atoms with E-state index in [-0.39, 0.29) is 36.6 Å².